The van der Waals surface area contributed by atoms with Crippen LogP contribution in [0.3, 0.4) is 0 Å². The summed E-state index contributed by atoms with van der Waals surface area (Å²) >= 11 is 5.96. The van der Waals surface area contributed by atoms with E-state index in [0.29, 0.717) is 29.5 Å². The van der Waals surface area contributed by atoms with Gasteiger partial charge in [-0.2, -0.15) is 0 Å². The van der Waals surface area contributed by atoms with E-state index in [1.165, 1.54) is 6.20 Å². The van der Waals surface area contributed by atoms with Crippen LogP contribution in [-0.4, -0.2) is 66.7 Å². The molecule has 7 nitrogen and oxygen atoms in total. The number of aromatic nitrogens is 2. The number of nitrogens with one attached hydrogen (secondary N) is 2. The van der Waals surface area contributed by atoms with Crippen molar-refractivity contribution in [3.63, 3.8) is 0 Å². The first-order valence-electron chi connectivity index (χ1n) is 9.09. The Hall–Kier alpha value is -2.22. The number of ether oxygens (including phenoxy) is 1. The van der Waals surface area contributed by atoms with E-state index in [1.807, 2.05) is 24.3 Å². The van der Waals surface area contributed by atoms with Gasteiger partial charge in [-0.3, -0.25) is 9.69 Å². The van der Waals surface area contributed by atoms with Gasteiger partial charge in [-0.1, -0.05) is 23.7 Å². The number of hydrogen-bond donors (Lipinski definition) is 2. The number of morpholine rings is 1. The molecule has 0 bridgehead atoms. The van der Waals surface area contributed by atoms with Gasteiger partial charge in [0.15, 0.2) is 0 Å². The van der Waals surface area contributed by atoms with Gasteiger partial charge >= 0.3 is 0 Å². The Balaban J connectivity index is 1.38. The van der Waals surface area contributed by atoms with Crippen LogP contribution in [0.25, 0.3) is 0 Å². The Kier molecular flexibility index (Phi) is 7.38. The lowest BCUT2D eigenvalue weighted by atomic mass is 10.1. The molecule has 0 atom stereocenters. The maximum Gasteiger partial charge on any atom is 0.271 e. The van der Waals surface area contributed by atoms with Gasteiger partial charge in [-0.15, -0.1) is 0 Å². The Labute approximate surface area is 164 Å². The van der Waals surface area contributed by atoms with Crippen molar-refractivity contribution in [2.24, 2.45) is 0 Å². The SMILES string of the molecule is O=C(NCCc1cccc(Cl)c1)c1cnc(NCCN2CCOCC2)cn1. The Morgan fingerprint density at radius 3 is 2.78 bits per heavy atom. The highest BCUT2D eigenvalue weighted by Gasteiger charge is 2.10. The molecule has 1 aromatic carbocycles. The molecular formula is C19H24ClN5O2. The summed E-state index contributed by atoms with van der Waals surface area (Å²) in [7, 11) is 0. The molecule has 1 aliphatic heterocycles. The summed E-state index contributed by atoms with van der Waals surface area (Å²) in [6, 6.07) is 7.60. The standard InChI is InChI=1S/C19H24ClN5O2/c20-16-3-1-2-15(12-16)4-5-22-19(26)17-13-24-18(14-23-17)21-6-7-25-8-10-27-11-9-25/h1-3,12-14H,4-11H2,(H,21,24)(H,22,26). The normalized spacial score (nSPS) is 14.7. The number of nitrogens with zero attached hydrogens (tertiary/aromatic N) is 3. The summed E-state index contributed by atoms with van der Waals surface area (Å²) in [6.45, 7) is 5.72. The number of carbonyl (C=O) groups is 1. The molecule has 1 amide bonds. The van der Waals surface area contributed by atoms with E-state index in [4.69, 9.17) is 16.3 Å². The van der Waals surface area contributed by atoms with Crippen molar-refractivity contribution in [1.82, 2.24) is 20.2 Å². The highest BCUT2D eigenvalue weighted by atomic mass is 35.5. The Bertz CT molecular complexity index is 735. The number of hydrogen-bond acceptors (Lipinski definition) is 6. The first-order chi connectivity index (χ1) is 13.2. The van der Waals surface area contributed by atoms with Crippen molar-refractivity contribution in [2.45, 2.75) is 6.42 Å². The highest BCUT2D eigenvalue weighted by molar-refractivity contribution is 6.30. The van der Waals surface area contributed by atoms with Crippen LogP contribution in [0.4, 0.5) is 5.82 Å². The summed E-state index contributed by atoms with van der Waals surface area (Å²) in [6.07, 6.45) is 3.79. The molecule has 0 radical (unpaired) electrons. The first-order valence-corrected chi connectivity index (χ1v) is 9.47. The number of rotatable bonds is 8. The zero-order valence-corrected chi connectivity index (χ0v) is 15.9. The van der Waals surface area contributed by atoms with Gasteiger partial charge in [-0.05, 0) is 24.1 Å². The van der Waals surface area contributed by atoms with Crippen molar-refractivity contribution in [3.05, 3.63) is 52.9 Å². The van der Waals surface area contributed by atoms with Crippen molar-refractivity contribution < 1.29 is 9.53 Å². The third-order valence-electron chi connectivity index (χ3n) is 4.31. The van der Waals surface area contributed by atoms with Crippen LogP contribution >= 0.6 is 11.6 Å². The van der Waals surface area contributed by atoms with E-state index in [-0.39, 0.29) is 5.91 Å². The molecule has 2 heterocycles. The minimum absolute atomic E-state index is 0.232. The monoisotopic (exact) mass is 389 g/mol. The summed E-state index contributed by atoms with van der Waals surface area (Å²) in [5.41, 5.74) is 1.38. The smallest absolute Gasteiger partial charge is 0.271 e. The van der Waals surface area contributed by atoms with Gasteiger partial charge < -0.3 is 15.4 Å². The fourth-order valence-electron chi connectivity index (χ4n) is 2.81. The molecule has 1 saturated heterocycles. The number of carbonyl (C=O) groups excluding carboxylic acids is 1. The lowest BCUT2D eigenvalue weighted by Crippen LogP contribution is -2.39. The molecule has 2 N–H and O–H groups in total. The van der Waals surface area contributed by atoms with E-state index in [0.717, 1.165) is 45.0 Å². The maximum absolute atomic E-state index is 12.2. The van der Waals surface area contributed by atoms with Gasteiger partial charge in [0, 0.05) is 37.7 Å². The molecule has 8 heteroatoms. The zero-order chi connectivity index (χ0) is 18.9. The van der Waals surface area contributed by atoms with E-state index in [9.17, 15) is 4.79 Å². The van der Waals surface area contributed by atoms with Gasteiger partial charge in [0.25, 0.3) is 5.91 Å². The molecule has 2 aromatic rings. The molecule has 0 unspecified atom stereocenters. The van der Waals surface area contributed by atoms with Crippen LogP contribution in [0, 0.1) is 0 Å². The predicted octanol–water partition coefficient (Wildman–Crippen LogP) is 1.85. The van der Waals surface area contributed by atoms with Gasteiger partial charge in [0.2, 0.25) is 0 Å². The summed E-state index contributed by atoms with van der Waals surface area (Å²) in [4.78, 5) is 23.0. The maximum atomic E-state index is 12.2. The minimum Gasteiger partial charge on any atom is -0.379 e. The second kappa shape index (κ2) is 10.2. The van der Waals surface area contributed by atoms with Crippen LogP contribution < -0.4 is 10.6 Å². The van der Waals surface area contributed by atoms with Crippen LogP contribution in [0.1, 0.15) is 16.1 Å². The minimum atomic E-state index is -0.232. The molecule has 1 aliphatic rings. The van der Waals surface area contributed by atoms with E-state index in [1.54, 1.807) is 6.20 Å². The third kappa shape index (κ3) is 6.46. The quantitative estimate of drug-likeness (QED) is 0.717. The predicted molar refractivity (Wildman–Crippen MR) is 105 cm³/mol. The molecule has 27 heavy (non-hydrogen) atoms. The lowest BCUT2D eigenvalue weighted by Gasteiger charge is -2.26. The average molecular weight is 390 g/mol. The summed E-state index contributed by atoms with van der Waals surface area (Å²) in [5.74, 6) is 0.433. The van der Waals surface area contributed by atoms with Gasteiger partial charge in [0.1, 0.15) is 11.5 Å². The van der Waals surface area contributed by atoms with E-state index >= 15 is 0 Å². The average Bonchev–Trinajstić information content (AvgIpc) is 2.69. The van der Waals surface area contributed by atoms with Crippen LogP contribution in [-0.2, 0) is 11.2 Å². The van der Waals surface area contributed by atoms with Crippen LogP contribution in [0.5, 0.6) is 0 Å². The Morgan fingerprint density at radius 1 is 1.19 bits per heavy atom. The van der Waals surface area contributed by atoms with Crippen molar-refractivity contribution in [1.29, 1.82) is 0 Å². The first kappa shape index (κ1) is 19.5. The second-order valence-corrected chi connectivity index (χ2v) is 6.74. The molecule has 0 saturated carbocycles. The Morgan fingerprint density at radius 2 is 2.04 bits per heavy atom. The molecule has 0 aliphatic carbocycles. The molecule has 0 spiro atoms. The number of halogens is 1. The molecular weight excluding hydrogens is 366 g/mol. The van der Waals surface area contributed by atoms with Crippen LogP contribution in [0.2, 0.25) is 5.02 Å². The van der Waals surface area contributed by atoms with Crippen molar-refractivity contribution >= 4 is 23.3 Å². The number of anilines is 1. The summed E-state index contributed by atoms with van der Waals surface area (Å²) in [5, 5.41) is 6.77. The lowest BCUT2D eigenvalue weighted by molar-refractivity contribution is 0.0398. The second-order valence-electron chi connectivity index (χ2n) is 6.30. The molecule has 1 aromatic heterocycles. The fourth-order valence-corrected chi connectivity index (χ4v) is 3.02. The molecule has 3 rings (SSSR count). The molecule has 1 fully saturated rings. The topological polar surface area (TPSA) is 79.4 Å². The molecule has 144 valence electrons. The summed E-state index contributed by atoms with van der Waals surface area (Å²) < 4.78 is 5.33. The van der Waals surface area contributed by atoms with E-state index in [2.05, 4.69) is 25.5 Å². The van der Waals surface area contributed by atoms with Crippen molar-refractivity contribution in [2.75, 3.05) is 51.3 Å². The number of benzene rings is 1. The fraction of sp³-hybridized carbons (Fsp3) is 0.421. The highest BCUT2D eigenvalue weighted by Crippen LogP contribution is 2.10. The van der Waals surface area contributed by atoms with E-state index < -0.39 is 0 Å². The van der Waals surface area contributed by atoms with Crippen LogP contribution in [0.15, 0.2) is 36.7 Å². The van der Waals surface area contributed by atoms with Gasteiger partial charge in [-0.25, -0.2) is 9.97 Å². The number of amides is 1. The van der Waals surface area contributed by atoms with Gasteiger partial charge in [0.05, 0.1) is 25.6 Å². The largest absolute Gasteiger partial charge is 0.379 e. The zero-order valence-electron chi connectivity index (χ0n) is 15.2. The van der Waals surface area contributed by atoms with Crippen molar-refractivity contribution in [3.8, 4) is 0 Å². The third-order valence-corrected chi connectivity index (χ3v) is 4.55.